The van der Waals surface area contributed by atoms with Crippen LogP contribution < -0.4 is 5.32 Å². The van der Waals surface area contributed by atoms with Crippen molar-refractivity contribution >= 4 is 0 Å². The van der Waals surface area contributed by atoms with Gasteiger partial charge in [0, 0.05) is 19.2 Å². The standard InChI is InChI=1S/C11H23NO/c1-4-9(2)10(3)12-8-11-6-5-7-13-11/h9-12H,4-8H2,1-3H3/t9-,10+,11+/m0/s1. The van der Waals surface area contributed by atoms with Gasteiger partial charge in [-0.05, 0) is 25.7 Å². The molecule has 0 aromatic carbocycles. The van der Waals surface area contributed by atoms with Crippen molar-refractivity contribution in [3.05, 3.63) is 0 Å². The Morgan fingerprint density at radius 2 is 2.23 bits per heavy atom. The molecular weight excluding hydrogens is 162 g/mol. The van der Waals surface area contributed by atoms with Crippen molar-refractivity contribution in [2.45, 2.75) is 52.2 Å². The van der Waals surface area contributed by atoms with Gasteiger partial charge < -0.3 is 10.1 Å². The van der Waals surface area contributed by atoms with Crippen molar-refractivity contribution in [3.8, 4) is 0 Å². The third kappa shape index (κ3) is 3.65. The highest BCUT2D eigenvalue weighted by atomic mass is 16.5. The second-order valence-electron chi connectivity index (χ2n) is 4.22. The van der Waals surface area contributed by atoms with Gasteiger partial charge in [0.05, 0.1) is 6.10 Å². The van der Waals surface area contributed by atoms with E-state index in [1.54, 1.807) is 0 Å². The SMILES string of the molecule is CC[C@H](C)[C@@H](C)NC[C@H]1CCCO1. The maximum atomic E-state index is 5.55. The van der Waals surface area contributed by atoms with Crippen LogP contribution in [0.1, 0.15) is 40.0 Å². The molecule has 1 heterocycles. The van der Waals surface area contributed by atoms with E-state index in [0.29, 0.717) is 12.1 Å². The minimum Gasteiger partial charge on any atom is -0.377 e. The zero-order valence-electron chi connectivity index (χ0n) is 9.18. The Kier molecular flexibility index (Phi) is 4.74. The van der Waals surface area contributed by atoms with Gasteiger partial charge in [-0.15, -0.1) is 0 Å². The molecule has 1 saturated heterocycles. The molecular formula is C11H23NO. The van der Waals surface area contributed by atoms with Gasteiger partial charge in [-0.3, -0.25) is 0 Å². The molecule has 1 aliphatic heterocycles. The summed E-state index contributed by atoms with van der Waals surface area (Å²) < 4.78 is 5.55. The first kappa shape index (κ1) is 11.0. The first-order valence-corrected chi connectivity index (χ1v) is 5.59. The Labute approximate surface area is 82.0 Å². The molecule has 2 nitrogen and oxygen atoms in total. The molecule has 0 unspecified atom stereocenters. The zero-order valence-corrected chi connectivity index (χ0v) is 9.18. The van der Waals surface area contributed by atoms with E-state index in [1.165, 1.54) is 19.3 Å². The van der Waals surface area contributed by atoms with Gasteiger partial charge >= 0.3 is 0 Å². The van der Waals surface area contributed by atoms with E-state index < -0.39 is 0 Å². The average Bonchev–Trinajstić information content (AvgIpc) is 2.65. The van der Waals surface area contributed by atoms with Gasteiger partial charge in [-0.2, -0.15) is 0 Å². The summed E-state index contributed by atoms with van der Waals surface area (Å²) in [5.41, 5.74) is 0. The lowest BCUT2D eigenvalue weighted by Crippen LogP contribution is -2.37. The van der Waals surface area contributed by atoms with Gasteiger partial charge in [0.1, 0.15) is 0 Å². The van der Waals surface area contributed by atoms with Crippen LogP contribution in [0.25, 0.3) is 0 Å². The van der Waals surface area contributed by atoms with Crippen LogP contribution in [0.2, 0.25) is 0 Å². The summed E-state index contributed by atoms with van der Waals surface area (Å²) in [6, 6.07) is 0.620. The molecule has 3 atom stereocenters. The highest BCUT2D eigenvalue weighted by Crippen LogP contribution is 2.12. The van der Waals surface area contributed by atoms with Crippen LogP contribution in [0.5, 0.6) is 0 Å². The summed E-state index contributed by atoms with van der Waals surface area (Å²) in [6.07, 6.45) is 4.20. The number of nitrogens with one attached hydrogen (secondary N) is 1. The monoisotopic (exact) mass is 185 g/mol. The molecule has 0 aromatic heterocycles. The molecule has 1 fully saturated rings. The molecule has 1 rings (SSSR count). The second kappa shape index (κ2) is 5.61. The first-order chi connectivity index (χ1) is 6.24. The zero-order chi connectivity index (χ0) is 9.68. The van der Waals surface area contributed by atoms with Gasteiger partial charge in [0.25, 0.3) is 0 Å². The number of hydrogen-bond donors (Lipinski definition) is 1. The average molecular weight is 185 g/mol. The van der Waals surface area contributed by atoms with E-state index >= 15 is 0 Å². The van der Waals surface area contributed by atoms with Crippen LogP contribution in [0, 0.1) is 5.92 Å². The molecule has 0 saturated carbocycles. The van der Waals surface area contributed by atoms with E-state index in [4.69, 9.17) is 4.74 Å². The normalized spacial score (nSPS) is 27.5. The maximum absolute atomic E-state index is 5.55. The Hall–Kier alpha value is -0.0800. The van der Waals surface area contributed by atoms with Gasteiger partial charge in [-0.25, -0.2) is 0 Å². The van der Waals surface area contributed by atoms with Crippen LogP contribution >= 0.6 is 0 Å². The summed E-state index contributed by atoms with van der Waals surface area (Å²) in [5.74, 6) is 0.765. The van der Waals surface area contributed by atoms with E-state index in [9.17, 15) is 0 Å². The molecule has 1 aliphatic rings. The van der Waals surface area contributed by atoms with E-state index in [0.717, 1.165) is 19.1 Å². The smallest absolute Gasteiger partial charge is 0.0700 e. The molecule has 2 heteroatoms. The van der Waals surface area contributed by atoms with Crippen LogP contribution in [-0.2, 0) is 4.74 Å². The minimum absolute atomic E-state index is 0.478. The molecule has 0 spiro atoms. The molecule has 0 amide bonds. The molecule has 13 heavy (non-hydrogen) atoms. The maximum Gasteiger partial charge on any atom is 0.0700 e. The summed E-state index contributed by atoms with van der Waals surface area (Å²) in [4.78, 5) is 0. The Morgan fingerprint density at radius 3 is 2.77 bits per heavy atom. The fraction of sp³-hybridized carbons (Fsp3) is 1.00. The van der Waals surface area contributed by atoms with Crippen molar-refractivity contribution < 1.29 is 4.74 Å². The van der Waals surface area contributed by atoms with Crippen LogP contribution in [-0.4, -0.2) is 25.3 Å². The topological polar surface area (TPSA) is 21.3 Å². The van der Waals surface area contributed by atoms with E-state index in [-0.39, 0.29) is 0 Å². The third-order valence-electron chi connectivity index (χ3n) is 3.19. The predicted octanol–water partition coefficient (Wildman–Crippen LogP) is 2.19. The number of hydrogen-bond acceptors (Lipinski definition) is 2. The third-order valence-corrected chi connectivity index (χ3v) is 3.19. The lowest BCUT2D eigenvalue weighted by Gasteiger charge is -2.21. The van der Waals surface area contributed by atoms with Crippen molar-refractivity contribution in [2.24, 2.45) is 5.92 Å². The summed E-state index contributed by atoms with van der Waals surface area (Å²) in [7, 11) is 0. The summed E-state index contributed by atoms with van der Waals surface area (Å²) >= 11 is 0. The Morgan fingerprint density at radius 1 is 1.46 bits per heavy atom. The molecule has 78 valence electrons. The molecule has 1 N–H and O–H groups in total. The lowest BCUT2D eigenvalue weighted by molar-refractivity contribution is 0.106. The molecule has 0 aromatic rings. The van der Waals surface area contributed by atoms with Crippen LogP contribution in [0.3, 0.4) is 0 Å². The Balaban J connectivity index is 2.10. The van der Waals surface area contributed by atoms with Crippen molar-refractivity contribution in [2.75, 3.05) is 13.2 Å². The lowest BCUT2D eigenvalue weighted by atomic mass is 10.0. The summed E-state index contributed by atoms with van der Waals surface area (Å²) in [6.45, 7) is 8.81. The molecule has 0 aliphatic carbocycles. The minimum atomic E-state index is 0.478. The fourth-order valence-corrected chi connectivity index (χ4v) is 1.68. The largest absolute Gasteiger partial charge is 0.377 e. The fourth-order valence-electron chi connectivity index (χ4n) is 1.68. The van der Waals surface area contributed by atoms with Crippen molar-refractivity contribution in [3.63, 3.8) is 0 Å². The quantitative estimate of drug-likeness (QED) is 0.709. The summed E-state index contributed by atoms with van der Waals surface area (Å²) in [5, 5.41) is 3.55. The number of rotatable bonds is 5. The van der Waals surface area contributed by atoms with Crippen molar-refractivity contribution in [1.29, 1.82) is 0 Å². The van der Waals surface area contributed by atoms with E-state index in [2.05, 4.69) is 26.1 Å². The van der Waals surface area contributed by atoms with Gasteiger partial charge in [0.15, 0.2) is 0 Å². The Bertz CT molecular complexity index is 132. The first-order valence-electron chi connectivity index (χ1n) is 5.59. The second-order valence-corrected chi connectivity index (χ2v) is 4.22. The predicted molar refractivity (Wildman–Crippen MR) is 55.9 cm³/mol. The van der Waals surface area contributed by atoms with Gasteiger partial charge in [-0.1, -0.05) is 20.3 Å². The van der Waals surface area contributed by atoms with Crippen LogP contribution in [0.15, 0.2) is 0 Å². The van der Waals surface area contributed by atoms with Gasteiger partial charge in [0.2, 0.25) is 0 Å². The van der Waals surface area contributed by atoms with Crippen LogP contribution in [0.4, 0.5) is 0 Å². The highest BCUT2D eigenvalue weighted by Gasteiger charge is 2.17. The molecule has 0 bridgehead atoms. The van der Waals surface area contributed by atoms with E-state index in [1.807, 2.05) is 0 Å². The van der Waals surface area contributed by atoms with Crippen molar-refractivity contribution in [1.82, 2.24) is 5.32 Å². The number of ether oxygens (including phenoxy) is 1. The molecule has 0 radical (unpaired) electrons. The highest BCUT2D eigenvalue weighted by molar-refractivity contribution is 4.72.